The molecule has 0 aliphatic rings. The first-order valence-electron chi connectivity index (χ1n) is 15.3. The Morgan fingerprint density at radius 2 is 1.04 bits per heavy atom. The highest BCUT2D eigenvalue weighted by molar-refractivity contribution is 6.15. The minimum Gasteiger partial charge on any atom is -0.254 e. The number of fused-ring (bicyclic) bond motifs is 6. The smallest absolute Gasteiger partial charge is 0.160 e. The highest BCUT2D eigenvalue weighted by Crippen LogP contribution is 2.36. The Morgan fingerprint density at radius 1 is 0.370 bits per heavy atom. The summed E-state index contributed by atoms with van der Waals surface area (Å²) in [4.78, 5) is 25.3. The maximum absolute atomic E-state index is 5.29. The predicted octanol–water partition coefficient (Wildman–Crippen LogP) is 9.94. The number of pyridine rings is 3. The monoisotopic (exact) mass is 587 g/mol. The molecular weight excluding hydrogens is 562 g/mol. The molecule has 0 N–H and O–H groups in total. The van der Waals surface area contributed by atoms with E-state index in [9.17, 15) is 0 Å². The van der Waals surface area contributed by atoms with Crippen molar-refractivity contribution in [3.05, 3.63) is 152 Å². The minimum atomic E-state index is 0.653. The third kappa shape index (κ3) is 4.45. The summed E-state index contributed by atoms with van der Waals surface area (Å²) < 4.78 is 0. The van der Waals surface area contributed by atoms with Crippen molar-refractivity contribution < 1.29 is 0 Å². The van der Waals surface area contributed by atoms with Crippen LogP contribution in [0.3, 0.4) is 0 Å². The van der Waals surface area contributed by atoms with E-state index in [-0.39, 0.29) is 0 Å². The fourth-order valence-electron chi connectivity index (χ4n) is 6.23. The van der Waals surface area contributed by atoms with Crippen LogP contribution in [0.1, 0.15) is 0 Å². The molecule has 4 aromatic heterocycles. The predicted molar refractivity (Wildman–Crippen MR) is 187 cm³/mol. The molecule has 46 heavy (non-hydrogen) atoms. The van der Waals surface area contributed by atoms with Crippen LogP contribution in [0.4, 0.5) is 0 Å². The van der Waals surface area contributed by atoms with Gasteiger partial charge in [-0.05, 0) is 30.3 Å². The Bertz CT molecular complexity index is 2520. The third-order valence-electron chi connectivity index (χ3n) is 8.47. The Morgan fingerprint density at radius 3 is 1.83 bits per heavy atom. The highest BCUT2D eigenvalue weighted by atomic mass is 14.9. The first kappa shape index (κ1) is 26.1. The van der Waals surface area contributed by atoms with Gasteiger partial charge in [0.15, 0.2) is 5.82 Å². The van der Waals surface area contributed by atoms with Gasteiger partial charge in [0.25, 0.3) is 0 Å². The van der Waals surface area contributed by atoms with Gasteiger partial charge >= 0.3 is 0 Å². The summed E-state index contributed by atoms with van der Waals surface area (Å²) in [5.74, 6) is 0.653. The van der Waals surface area contributed by atoms with Gasteiger partial charge in [0.1, 0.15) is 0 Å². The molecule has 0 aliphatic heterocycles. The topological polar surface area (TPSA) is 64.5 Å². The molecule has 0 radical (unpaired) electrons. The van der Waals surface area contributed by atoms with Crippen LogP contribution >= 0.6 is 0 Å². The zero-order valence-corrected chi connectivity index (χ0v) is 24.7. The number of benzene rings is 5. The summed E-state index contributed by atoms with van der Waals surface area (Å²) in [5, 5.41) is 4.24. The second-order valence-corrected chi connectivity index (χ2v) is 11.3. The lowest BCUT2D eigenvalue weighted by molar-refractivity contribution is 1.18. The van der Waals surface area contributed by atoms with Crippen molar-refractivity contribution in [1.29, 1.82) is 0 Å². The van der Waals surface area contributed by atoms with Crippen LogP contribution in [0.2, 0.25) is 0 Å². The lowest BCUT2D eigenvalue weighted by atomic mass is 10.00. The molecule has 9 rings (SSSR count). The zero-order valence-electron chi connectivity index (χ0n) is 24.7. The quantitative estimate of drug-likeness (QED) is 0.151. The molecule has 0 saturated carbocycles. The lowest BCUT2D eigenvalue weighted by Gasteiger charge is -2.13. The molecule has 9 aromatic rings. The van der Waals surface area contributed by atoms with Gasteiger partial charge in [-0.15, -0.1) is 0 Å². The van der Waals surface area contributed by atoms with Crippen LogP contribution < -0.4 is 0 Å². The highest BCUT2D eigenvalue weighted by Gasteiger charge is 2.17. The zero-order chi connectivity index (χ0) is 30.5. The molecule has 0 unspecified atom stereocenters. The molecule has 5 nitrogen and oxygen atoms in total. The van der Waals surface area contributed by atoms with Crippen molar-refractivity contribution in [2.45, 2.75) is 0 Å². The van der Waals surface area contributed by atoms with E-state index in [0.717, 1.165) is 82.9 Å². The van der Waals surface area contributed by atoms with Crippen LogP contribution in [0.25, 0.3) is 88.8 Å². The second-order valence-electron chi connectivity index (χ2n) is 11.3. The van der Waals surface area contributed by atoms with Crippen LogP contribution in [-0.4, -0.2) is 24.9 Å². The van der Waals surface area contributed by atoms with Gasteiger partial charge in [0, 0.05) is 50.0 Å². The summed E-state index contributed by atoms with van der Waals surface area (Å²) in [5.41, 5.74) is 10.0. The number of para-hydroxylation sites is 1. The Hall–Kier alpha value is -6.33. The Balaban J connectivity index is 1.28. The van der Waals surface area contributed by atoms with Crippen LogP contribution in [0.15, 0.2) is 152 Å². The molecule has 0 amide bonds. The minimum absolute atomic E-state index is 0.653. The van der Waals surface area contributed by atoms with Crippen LogP contribution in [-0.2, 0) is 0 Å². The van der Waals surface area contributed by atoms with Crippen molar-refractivity contribution in [2.24, 2.45) is 0 Å². The molecule has 0 aliphatic carbocycles. The second kappa shape index (κ2) is 10.7. The van der Waals surface area contributed by atoms with Crippen molar-refractivity contribution in [1.82, 2.24) is 24.9 Å². The third-order valence-corrected chi connectivity index (χ3v) is 8.47. The summed E-state index contributed by atoms with van der Waals surface area (Å²) >= 11 is 0. The van der Waals surface area contributed by atoms with Crippen LogP contribution in [0, 0.1) is 0 Å². The summed E-state index contributed by atoms with van der Waals surface area (Å²) in [6.45, 7) is 0. The van der Waals surface area contributed by atoms with Crippen molar-refractivity contribution in [3.63, 3.8) is 0 Å². The van der Waals surface area contributed by atoms with Gasteiger partial charge < -0.3 is 0 Å². The Kier molecular flexibility index (Phi) is 6.06. The van der Waals surface area contributed by atoms with Crippen LogP contribution in [0.5, 0.6) is 0 Å². The van der Waals surface area contributed by atoms with Gasteiger partial charge in [0.05, 0.1) is 39.1 Å². The molecule has 5 heteroatoms. The number of nitrogens with zero attached hydrogens (tertiary/aromatic N) is 5. The first-order valence-corrected chi connectivity index (χ1v) is 15.3. The summed E-state index contributed by atoms with van der Waals surface area (Å²) in [7, 11) is 0. The van der Waals surface area contributed by atoms with Gasteiger partial charge in [0.2, 0.25) is 0 Å². The molecule has 214 valence electrons. The van der Waals surface area contributed by atoms with Crippen molar-refractivity contribution in [3.8, 4) is 45.2 Å². The van der Waals surface area contributed by atoms with E-state index in [1.54, 1.807) is 0 Å². The Labute approximate surface area is 264 Å². The SMILES string of the molecule is c1ccc(-c2cc(-c3ccccc3)nc(-c3cccc(-c4nc5ccccc5c5cc6ccc7cccnc7c6nc45)c3)n2)cc1. The lowest BCUT2D eigenvalue weighted by Crippen LogP contribution is -1.97. The normalized spacial score (nSPS) is 11.5. The van der Waals surface area contributed by atoms with Gasteiger partial charge in [-0.1, -0.05) is 115 Å². The van der Waals surface area contributed by atoms with E-state index in [4.69, 9.17) is 24.9 Å². The molecule has 0 saturated heterocycles. The molecule has 4 heterocycles. The molecule has 0 fully saturated rings. The van der Waals surface area contributed by atoms with E-state index < -0.39 is 0 Å². The van der Waals surface area contributed by atoms with Gasteiger partial charge in [-0.3, -0.25) is 4.98 Å². The first-order chi connectivity index (χ1) is 22.8. The fraction of sp³-hybridized carbons (Fsp3) is 0. The van der Waals surface area contributed by atoms with Crippen molar-refractivity contribution >= 4 is 43.6 Å². The standard InChI is InChI=1S/C41H25N5/c1-3-11-26(12-4-1)35-25-36(27-13-5-2-6-14-27)45-41(44-35)31-16-9-15-29(23-31)39-40-33(32-18-7-8-19-34(32)43-39)24-30-21-20-28-17-10-22-42-37(28)38(30)46-40/h1-25H. The van der Waals surface area contributed by atoms with Gasteiger partial charge in [-0.25, -0.2) is 19.9 Å². The molecule has 0 bridgehead atoms. The van der Waals surface area contributed by atoms with E-state index in [0.29, 0.717) is 5.82 Å². The summed E-state index contributed by atoms with van der Waals surface area (Å²) in [6.07, 6.45) is 1.82. The van der Waals surface area contributed by atoms with E-state index in [2.05, 4.69) is 91.0 Å². The molecule has 0 spiro atoms. The molecular formula is C41H25N5. The van der Waals surface area contributed by atoms with Crippen molar-refractivity contribution in [2.75, 3.05) is 0 Å². The number of hydrogen-bond acceptors (Lipinski definition) is 5. The largest absolute Gasteiger partial charge is 0.254 e. The summed E-state index contributed by atoms with van der Waals surface area (Å²) in [6, 6.07) is 49.6. The fourth-order valence-corrected chi connectivity index (χ4v) is 6.23. The van der Waals surface area contributed by atoms with Gasteiger partial charge in [-0.2, -0.15) is 0 Å². The average Bonchev–Trinajstić information content (AvgIpc) is 3.14. The van der Waals surface area contributed by atoms with E-state index >= 15 is 0 Å². The average molecular weight is 588 g/mol. The van der Waals surface area contributed by atoms with E-state index in [1.165, 1.54) is 0 Å². The number of rotatable bonds is 4. The number of hydrogen-bond donors (Lipinski definition) is 0. The molecule has 0 atom stereocenters. The number of aromatic nitrogens is 5. The maximum Gasteiger partial charge on any atom is 0.160 e. The maximum atomic E-state index is 5.29. The molecule has 5 aromatic carbocycles. The van der Waals surface area contributed by atoms with E-state index in [1.807, 2.05) is 60.8 Å².